The van der Waals surface area contributed by atoms with Crippen molar-refractivity contribution < 1.29 is 14.6 Å². The van der Waals surface area contributed by atoms with Crippen molar-refractivity contribution in [2.24, 2.45) is 5.92 Å². The topological polar surface area (TPSA) is 71.5 Å². The third-order valence-electron chi connectivity index (χ3n) is 4.39. The number of carbonyl (C=O) groups excluding carboxylic acids is 1. The Morgan fingerprint density at radius 3 is 2.95 bits per heavy atom. The van der Waals surface area contributed by atoms with Crippen LogP contribution in [0.4, 0.5) is 0 Å². The summed E-state index contributed by atoms with van der Waals surface area (Å²) in [6.07, 6.45) is 9.93. The fourth-order valence-corrected chi connectivity index (χ4v) is 3.04. The van der Waals surface area contributed by atoms with Crippen LogP contribution in [0.15, 0.2) is 18.5 Å². The van der Waals surface area contributed by atoms with Crippen molar-refractivity contribution in [1.82, 2.24) is 10.3 Å². The van der Waals surface area contributed by atoms with Crippen LogP contribution in [0.1, 0.15) is 44.1 Å². The molecule has 1 heterocycles. The van der Waals surface area contributed by atoms with Crippen molar-refractivity contribution in [3.05, 3.63) is 24.0 Å². The van der Waals surface area contributed by atoms with E-state index in [9.17, 15) is 9.90 Å². The van der Waals surface area contributed by atoms with Crippen molar-refractivity contribution in [2.75, 3.05) is 13.7 Å². The van der Waals surface area contributed by atoms with Gasteiger partial charge in [-0.15, -0.1) is 0 Å². The van der Waals surface area contributed by atoms with Crippen LogP contribution in [-0.4, -0.2) is 35.8 Å². The molecule has 22 heavy (non-hydrogen) atoms. The van der Waals surface area contributed by atoms with Crippen LogP contribution in [-0.2, 0) is 11.2 Å². The van der Waals surface area contributed by atoms with Gasteiger partial charge in [-0.25, -0.2) is 0 Å². The van der Waals surface area contributed by atoms with E-state index in [4.69, 9.17) is 4.74 Å². The van der Waals surface area contributed by atoms with Gasteiger partial charge in [0.05, 0.1) is 13.3 Å². The number of methoxy groups -OCH3 is 1. The highest BCUT2D eigenvalue weighted by molar-refractivity contribution is 5.76. The molecule has 122 valence electrons. The molecule has 1 aromatic rings. The number of ether oxygens (including phenoxy) is 1. The molecule has 1 aromatic heterocycles. The van der Waals surface area contributed by atoms with Gasteiger partial charge in [0.2, 0.25) is 5.91 Å². The number of hydrogen-bond acceptors (Lipinski definition) is 4. The minimum absolute atomic E-state index is 0.0492. The Hall–Kier alpha value is -1.62. The third-order valence-corrected chi connectivity index (χ3v) is 4.39. The molecule has 5 nitrogen and oxygen atoms in total. The van der Waals surface area contributed by atoms with E-state index in [-0.39, 0.29) is 24.5 Å². The van der Waals surface area contributed by atoms with Crippen LogP contribution in [0.3, 0.4) is 0 Å². The highest BCUT2D eigenvalue weighted by Crippen LogP contribution is 2.23. The lowest BCUT2D eigenvalue weighted by molar-refractivity contribution is -0.122. The molecule has 0 saturated heterocycles. The van der Waals surface area contributed by atoms with E-state index in [2.05, 4.69) is 10.3 Å². The summed E-state index contributed by atoms with van der Waals surface area (Å²) in [6.45, 7) is 0.157. The van der Waals surface area contributed by atoms with E-state index < -0.39 is 0 Å². The fourth-order valence-electron chi connectivity index (χ4n) is 3.04. The summed E-state index contributed by atoms with van der Waals surface area (Å²) in [5.41, 5.74) is 0.995. The zero-order valence-corrected chi connectivity index (χ0v) is 13.3. The Morgan fingerprint density at radius 1 is 1.36 bits per heavy atom. The first kappa shape index (κ1) is 16.7. The second kappa shape index (κ2) is 8.73. The number of aliphatic hydroxyl groups excluding tert-OH is 1. The van der Waals surface area contributed by atoms with E-state index in [1.54, 1.807) is 19.5 Å². The molecule has 2 unspecified atom stereocenters. The van der Waals surface area contributed by atoms with Crippen LogP contribution in [0.25, 0.3) is 0 Å². The van der Waals surface area contributed by atoms with Gasteiger partial charge in [0, 0.05) is 31.2 Å². The van der Waals surface area contributed by atoms with Crippen molar-refractivity contribution >= 4 is 5.91 Å². The minimum atomic E-state index is 0.0492. The van der Waals surface area contributed by atoms with Gasteiger partial charge in [-0.05, 0) is 30.9 Å². The van der Waals surface area contributed by atoms with Gasteiger partial charge < -0.3 is 15.2 Å². The van der Waals surface area contributed by atoms with Gasteiger partial charge in [0.1, 0.15) is 5.75 Å². The second-order valence-corrected chi connectivity index (χ2v) is 5.99. The monoisotopic (exact) mass is 306 g/mol. The fraction of sp³-hybridized carbons (Fsp3) is 0.647. The van der Waals surface area contributed by atoms with E-state index in [0.717, 1.165) is 31.2 Å². The molecule has 2 N–H and O–H groups in total. The van der Waals surface area contributed by atoms with Crippen molar-refractivity contribution in [3.63, 3.8) is 0 Å². The minimum Gasteiger partial charge on any atom is -0.495 e. The maximum Gasteiger partial charge on any atom is 0.220 e. The number of nitrogens with one attached hydrogen (secondary N) is 1. The molecule has 1 amide bonds. The lowest BCUT2D eigenvalue weighted by atomic mass is 9.95. The van der Waals surface area contributed by atoms with Crippen LogP contribution in [0, 0.1) is 5.92 Å². The summed E-state index contributed by atoms with van der Waals surface area (Å²) < 4.78 is 5.13. The Kier molecular flexibility index (Phi) is 6.65. The molecule has 0 aromatic carbocycles. The normalized spacial score (nSPS) is 21.9. The second-order valence-electron chi connectivity index (χ2n) is 5.99. The summed E-state index contributed by atoms with van der Waals surface area (Å²) >= 11 is 0. The van der Waals surface area contributed by atoms with Gasteiger partial charge >= 0.3 is 0 Å². The standard InChI is InChI=1S/C17H26N2O3/c1-22-15-9-13(10-18-11-15)7-8-17(21)19-16-6-4-2-3-5-14(16)12-20/h9-11,14,16,20H,2-8,12H2,1H3,(H,19,21). The van der Waals surface area contributed by atoms with Gasteiger partial charge in [-0.1, -0.05) is 19.3 Å². The number of hydrogen-bond donors (Lipinski definition) is 2. The number of carbonyl (C=O) groups is 1. The summed E-state index contributed by atoms with van der Waals surface area (Å²) in [5.74, 6) is 0.958. The largest absolute Gasteiger partial charge is 0.495 e. The van der Waals surface area contributed by atoms with Gasteiger partial charge in [0.15, 0.2) is 0 Å². The molecule has 0 bridgehead atoms. The molecule has 1 aliphatic carbocycles. The molecule has 0 radical (unpaired) electrons. The Balaban J connectivity index is 1.83. The van der Waals surface area contributed by atoms with E-state index in [1.165, 1.54) is 6.42 Å². The average Bonchev–Trinajstić information content (AvgIpc) is 2.78. The van der Waals surface area contributed by atoms with Crippen molar-refractivity contribution in [3.8, 4) is 5.75 Å². The van der Waals surface area contributed by atoms with Gasteiger partial charge in [-0.2, -0.15) is 0 Å². The molecule has 1 saturated carbocycles. The zero-order valence-electron chi connectivity index (χ0n) is 13.3. The SMILES string of the molecule is COc1cncc(CCC(=O)NC2CCCCCC2CO)c1. The summed E-state index contributed by atoms with van der Waals surface area (Å²) in [6, 6.07) is 2.02. The number of aryl methyl sites for hydroxylation is 1. The third kappa shape index (κ3) is 4.98. The van der Waals surface area contributed by atoms with Crippen molar-refractivity contribution in [1.29, 1.82) is 0 Å². The van der Waals surface area contributed by atoms with Crippen LogP contribution >= 0.6 is 0 Å². The summed E-state index contributed by atoms with van der Waals surface area (Å²) in [5, 5.41) is 12.6. The molecule has 1 fully saturated rings. The zero-order chi connectivity index (χ0) is 15.8. The molecular weight excluding hydrogens is 280 g/mol. The predicted octanol–water partition coefficient (Wildman–Crippen LogP) is 2.08. The molecule has 1 aliphatic rings. The number of rotatable bonds is 6. The summed E-state index contributed by atoms with van der Waals surface area (Å²) in [4.78, 5) is 16.3. The van der Waals surface area contributed by atoms with Crippen LogP contribution in [0.2, 0.25) is 0 Å². The maximum absolute atomic E-state index is 12.2. The predicted molar refractivity (Wildman–Crippen MR) is 84.7 cm³/mol. The molecular formula is C17H26N2O3. The molecule has 0 aliphatic heterocycles. The van der Waals surface area contributed by atoms with Gasteiger partial charge in [0.25, 0.3) is 0 Å². The smallest absolute Gasteiger partial charge is 0.220 e. The lowest BCUT2D eigenvalue weighted by Crippen LogP contribution is -2.41. The Morgan fingerprint density at radius 2 is 2.18 bits per heavy atom. The molecule has 5 heteroatoms. The molecule has 0 spiro atoms. The first-order valence-electron chi connectivity index (χ1n) is 8.11. The molecule has 2 atom stereocenters. The highest BCUT2D eigenvalue weighted by Gasteiger charge is 2.24. The first-order chi connectivity index (χ1) is 10.7. The van der Waals surface area contributed by atoms with Crippen LogP contribution < -0.4 is 10.1 Å². The summed E-state index contributed by atoms with van der Waals surface area (Å²) in [7, 11) is 1.61. The van der Waals surface area contributed by atoms with Crippen molar-refractivity contribution in [2.45, 2.75) is 51.0 Å². The van der Waals surface area contributed by atoms with E-state index in [0.29, 0.717) is 18.6 Å². The van der Waals surface area contributed by atoms with E-state index >= 15 is 0 Å². The Labute approximate surface area is 132 Å². The maximum atomic E-state index is 12.2. The molecule has 2 rings (SSSR count). The Bertz CT molecular complexity index is 479. The highest BCUT2D eigenvalue weighted by atomic mass is 16.5. The quantitative estimate of drug-likeness (QED) is 0.789. The van der Waals surface area contributed by atoms with Crippen LogP contribution in [0.5, 0.6) is 5.75 Å². The number of nitrogens with zero attached hydrogens (tertiary/aromatic N) is 1. The van der Waals surface area contributed by atoms with Gasteiger partial charge in [-0.3, -0.25) is 9.78 Å². The van der Waals surface area contributed by atoms with E-state index in [1.807, 2.05) is 6.07 Å². The number of aromatic nitrogens is 1. The number of pyridine rings is 1. The number of aliphatic hydroxyl groups is 1. The average molecular weight is 306 g/mol. The lowest BCUT2D eigenvalue weighted by Gasteiger charge is -2.24. The first-order valence-corrected chi connectivity index (χ1v) is 8.11. The number of amides is 1.